The molecule has 14 heavy (non-hydrogen) atoms. The molecule has 1 atom stereocenters. The second-order valence-corrected chi connectivity index (χ2v) is 4.57. The minimum Gasteiger partial charge on any atom is -0.385 e. The first-order valence-corrected chi connectivity index (χ1v) is 5.20. The first-order valence-electron chi connectivity index (χ1n) is 5.20. The van der Waals surface area contributed by atoms with Gasteiger partial charge in [0.25, 0.3) is 0 Å². The highest BCUT2D eigenvalue weighted by Gasteiger charge is 2.47. The Bertz CT molecular complexity index is 238. The number of hydrogen-bond donors (Lipinski definition) is 1. The number of nitrogens with zero attached hydrogens (tertiary/aromatic N) is 1. The van der Waals surface area contributed by atoms with E-state index in [9.17, 15) is 4.79 Å². The maximum atomic E-state index is 11.3. The third kappa shape index (κ3) is 1.77. The van der Waals surface area contributed by atoms with Crippen LogP contribution >= 0.6 is 0 Å². The fourth-order valence-electron chi connectivity index (χ4n) is 2.06. The molecule has 0 aromatic heterocycles. The SMILES string of the molecule is COCCC1(CN2CC(N)C2=O)CC1. The lowest BCUT2D eigenvalue weighted by Crippen LogP contribution is -2.62. The molecule has 4 nitrogen and oxygen atoms in total. The molecule has 1 aliphatic carbocycles. The molecule has 2 aliphatic rings. The third-order valence-electron chi connectivity index (χ3n) is 3.37. The van der Waals surface area contributed by atoms with Gasteiger partial charge in [0.1, 0.15) is 6.04 Å². The first-order chi connectivity index (χ1) is 6.67. The van der Waals surface area contributed by atoms with E-state index in [2.05, 4.69) is 0 Å². The Kier molecular flexibility index (Phi) is 2.49. The summed E-state index contributed by atoms with van der Waals surface area (Å²) in [4.78, 5) is 13.2. The zero-order valence-electron chi connectivity index (χ0n) is 8.66. The minimum absolute atomic E-state index is 0.119. The molecule has 1 heterocycles. The molecular formula is C10H18N2O2. The van der Waals surface area contributed by atoms with E-state index >= 15 is 0 Å². The number of amides is 1. The number of hydrogen-bond acceptors (Lipinski definition) is 3. The Hall–Kier alpha value is -0.610. The number of β-lactam (4-membered cyclic amide) rings is 1. The van der Waals surface area contributed by atoms with E-state index in [1.54, 1.807) is 7.11 Å². The molecule has 1 saturated heterocycles. The van der Waals surface area contributed by atoms with Crippen molar-refractivity contribution >= 4 is 5.91 Å². The van der Waals surface area contributed by atoms with Crippen molar-refractivity contribution in [3.63, 3.8) is 0 Å². The van der Waals surface area contributed by atoms with Crippen molar-refractivity contribution in [2.75, 3.05) is 26.8 Å². The highest BCUT2D eigenvalue weighted by atomic mass is 16.5. The number of carbonyl (C=O) groups excluding carboxylic acids is 1. The molecule has 1 saturated carbocycles. The van der Waals surface area contributed by atoms with Gasteiger partial charge in [0, 0.05) is 26.8 Å². The number of nitrogens with two attached hydrogens (primary N) is 1. The highest BCUT2D eigenvalue weighted by molar-refractivity contribution is 5.87. The Labute approximate surface area is 84.4 Å². The van der Waals surface area contributed by atoms with Gasteiger partial charge in [-0.3, -0.25) is 4.79 Å². The van der Waals surface area contributed by atoms with Gasteiger partial charge in [-0.1, -0.05) is 0 Å². The zero-order valence-corrected chi connectivity index (χ0v) is 8.66. The zero-order chi connectivity index (χ0) is 10.2. The summed E-state index contributed by atoms with van der Waals surface area (Å²) in [5.74, 6) is 0.119. The molecule has 1 unspecified atom stereocenters. The highest BCUT2D eigenvalue weighted by Crippen LogP contribution is 2.49. The maximum Gasteiger partial charge on any atom is 0.241 e. The lowest BCUT2D eigenvalue weighted by Gasteiger charge is -2.38. The van der Waals surface area contributed by atoms with Gasteiger partial charge in [-0.05, 0) is 24.7 Å². The predicted octanol–water partition coefficient (Wildman–Crippen LogP) is -0.0274. The van der Waals surface area contributed by atoms with E-state index in [4.69, 9.17) is 10.5 Å². The first kappa shape index (κ1) is 9.93. The largest absolute Gasteiger partial charge is 0.385 e. The molecule has 0 bridgehead atoms. The maximum absolute atomic E-state index is 11.3. The van der Waals surface area contributed by atoms with Crippen LogP contribution in [0.25, 0.3) is 0 Å². The molecule has 4 heteroatoms. The summed E-state index contributed by atoms with van der Waals surface area (Å²) in [5, 5.41) is 0. The van der Waals surface area contributed by atoms with Crippen molar-refractivity contribution in [3.05, 3.63) is 0 Å². The Morgan fingerprint density at radius 3 is 2.79 bits per heavy atom. The van der Waals surface area contributed by atoms with Crippen LogP contribution in [-0.2, 0) is 9.53 Å². The monoisotopic (exact) mass is 198 g/mol. The lowest BCUT2D eigenvalue weighted by molar-refractivity contribution is -0.143. The Morgan fingerprint density at radius 1 is 1.64 bits per heavy atom. The van der Waals surface area contributed by atoms with E-state index in [0.29, 0.717) is 5.41 Å². The van der Waals surface area contributed by atoms with Crippen LogP contribution in [0.1, 0.15) is 19.3 Å². The van der Waals surface area contributed by atoms with Crippen LogP contribution in [0.5, 0.6) is 0 Å². The standard InChI is InChI=1S/C10H18N2O2/c1-14-5-4-10(2-3-10)7-12-6-8(11)9(12)13/h8H,2-7,11H2,1H3. The van der Waals surface area contributed by atoms with E-state index in [-0.39, 0.29) is 11.9 Å². The number of methoxy groups -OCH3 is 1. The Balaban J connectivity index is 1.77. The number of likely N-dealkylation sites (tertiary alicyclic amines) is 1. The second kappa shape index (κ2) is 3.51. The van der Waals surface area contributed by atoms with E-state index in [1.165, 1.54) is 12.8 Å². The summed E-state index contributed by atoms with van der Waals surface area (Å²) in [6.45, 7) is 2.44. The molecule has 1 amide bonds. The summed E-state index contributed by atoms with van der Waals surface area (Å²) < 4.78 is 5.07. The van der Waals surface area contributed by atoms with Crippen molar-refractivity contribution in [1.29, 1.82) is 0 Å². The van der Waals surface area contributed by atoms with Crippen LogP contribution in [0.15, 0.2) is 0 Å². The van der Waals surface area contributed by atoms with Crippen LogP contribution in [0.4, 0.5) is 0 Å². The quantitative estimate of drug-likeness (QED) is 0.631. The van der Waals surface area contributed by atoms with Gasteiger partial charge in [0.05, 0.1) is 0 Å². The Morgan fingerprint density at radius 2 is 2.36 bits per heavy atom. The molecule has 2 N–H and O–H groups in total. The van der Waals surface area contributed by atoms with Crippen molar-refractivity contribution in [1.82, 2.24) is 4.90 Å². The summed E-state index contributed by atoms with van der Waals surface area (Å²) in [7, 11) is 1.72. The van der Waals surface area contributed by atoms with Crippen molar-refractivity contribution in [2.24, 2.45) is 11.1 Å². The average molecular weight is 198 g/mol. The van der Waals surface area contributed by atoms with Crippen LogP contribution < -0.4 is 5.73 Å². The summed E-state index contributed by atoms with van der Waals surface area (Å²) in [6, 6.07) is -0.228. The molecule has 80 valence electrons. The fourth-order valence-corrected chi connectivity index (χ4v) is 2.06. The van der Waals surface area contributed by atoms with Gasteiger partial charge >= 0.3 is 0 Å². The number of carbonyl (C=O) groups is 1. The molecule has 1 aliphatic heterocycles. The normalized spacial score (nSPS) is 28.9. The van der Waals surface area contributed by atoms with Gasteiger partial charge < -0.3 is 15.4 Å². The number of rotatable bonds is 5. The van der Waals surface area contributed by atoms with E-state index in [0.717, 1.165) is 26.1 Å². The van der Waals surface area contributed by atoms with Crippen LogP contribution in [0.2, 0.25) is 0 Å². The number of ether oxygens (including phenoxy) is 1. The fraction of sp³-hybridized carbons (Fsp3) is 0.900. The molecule has 0 aromatic carbocycles. The predicted molar refractivity (Wildman–Crippen MR) is 52.7 cm³/mol. The smallest absolute Gasteiger partial charge is 0.241 e. The molecule has 2 rings (SSSR count). The topological polar surface area (TPSA) is 55.6 Å². The molecular weight excluding hydrogens is 180 g/mol. The van der Waals surface area contributed by atoms with Crippen molar-refractivity contribution in [2.45, 2.75) is 25.3 Å². The molecule has 0 radical (unpaired) electrons. The average Bonchev–Trinajstić information content (AvgIpc) is 2.95. The van der Waals surface area contributed by atoms with Crippen LogP contribution in [0.3, 0.4) is 0 Å². The van der Waals surface area contributed by atoms with Gasteiger partial charge in [-0.2, -0.15) is 0 Å². The third-order valence-corrected chi connectivity index (χ3v) is 3.37. The van der Waals surface area contributed by atoms with E-state index < -0.39 is 0 Å². The van der Waals surface area contributed by atoms with Crippen molar-refractivity contribution < 1.29 is 9.53 Å². The molecule has 0 spiro atoms. The van der Waals surface area contributed by atoms with Gasteiger partial charge in [-0.25, -0.2) is 0 Å². The van der Waals surface area contributed by atoms with E-state index in [1.807, 2.05) is 4.90 Å². The van der Waals surface area contributed by atoms with Crippen LogP contribution in [0, 0.1) is 5.41 Å². The summed E-state index contributed by atoms with van der Waals surface area (Å²) in [5.41, 5.74) is 5.90. The molecule has 0 aromatic rings. The van der Waals surface area contributed by atoms with Gasteiger partial charge in [-0.15, -0.1) is 0 Å². The van der Waals surface area contributed by atoms with Crippen molar-refractivity contribution in [3.8, 4) is 0 Å². The van der Waals surface area contributed by atoms with Gasteiger partial charge in [0.2, 0.25) is 5.91 Å². The second-order valence-electron chi connectivity index (χ2n) is 4.57. The molecule has 2 fully saturated rings. The van der Waals surface area contributed by atoms with Crippen LogP contribution in [-0.4, -0.2) is 43.7 Å². The summed E-state index contributed by atoms with van der Waals surface area (Å²) in [6.07, 6.45) is 3.53. The summed E-state index contributed by atoms with van der Waals surface area (Å²) >= 11 is 0. The minimum atomic E-state index is -0.228. The lowest BCUT2D eigenvalue weighted by atomic mass is 9.98. The van der Waals surface area contributed by atoms with Gasteiger partial charge in [0.15, 0.2) is 0 Å².